The van der Waals surface area contributed by atoms with E-state index < -0.39 is 24.0 Å². The maximum absolute atomic E-state index is 12.0. The molecule has 0 radical (unpaired) electrons. The summed E-state index contributed by atoms with van der Waals surface area (Å²) in [5.41, 5.74) is 5.01. The number of nitrogens with one attached hydrogen (secondary N) is 1. The molecule has 0 aromatic carbocycles. The maximum Gasteiger partial charge on any atom is 0.408 e. The van der Waals surface area contributed by atoms with Crippen molar-refractivity contribution in [3.05, 3.63) is 0 Å². The van der Waals surface area contributed by atoms with Crippen LogP contribution in [0.3, 0.4) is 0 Å². The summed E-state index contributed by atoms with van der Waals surface area (Å²) in [6.07, 6.45) is 1.80. The minimum absolute atomic E-state index is 0.0472. The van der Waals surface area contributed by atoms with Crippen molar-refractivity contribution in [2.45, 2.75) is 65.0 Å². The molecule has 132 valence electrons. The van der Waals surface area contributed by atoms with Gasteiger partial charge < -0.3 is 20.9 Å². The van der Waals surface area contributed by atoms with Gasteiger partial charge in [0.05, 0.1) is 0 Å². The molecule has 1 rings (SSSR count). The molecular weight excluding hydrogens is 300 g/mol. The maximum atomic E-state index is 12.0. The Morgan fingerprint density at radius 1 is 1.30 bits per heavy atom. The van der Waals surface area contributed by atoms with E-state index in [1.807, 2.05) is 0 Å². The number of amides is 2. The zero-order chi connectivity index (χ0) is 17.6. The summed E-state index contributed by atoms with van der Waals surface area (Å²) in [5.74, 6) is -0.655. The quantitative estimate of drug-likeness (QED) is 0.659. The van der Waals surface area contributed by atoms with Crippen LogP contribution in [0.2, 0.25) is 0 Å². The van der Waals surface area contributed by atoms with Crippen LogP contribution >= 0.6 is 0 Å². The zero-order valence-electron chi connectivity index (χ0n) is 14.1. The monoisotopic (exact) mass is 328 g/mol. The molecule has 1 aliphatic carbocycles. The van der Waals surface area contributed by atoms with Crippen LogP contribution in [0.25, 0.3) is 0 Å². The van der Waals surface area contributed by atoms with E-state index in [9.17, 15) is 14.4 Å². The average molecular weight is 328 g/mol. The van der Waals surface area contributed by atoms with Crippen LogP contribution in [0.5, 0.6) is 0 Å². The second-order valence-corrected chi connectivity index (χ2v) is 6.81. The highest BCUT2D eigenvalue weighted by Crippen LogP contribution is 2.35. The van der Waals surface area contributed by atoms with Crippen LogP contribution in [0.1, 0.15) is 52.9 Å². The molecule has 0 saturated heterocycles. The fourth-order valence-corrected chi connectivity index (χ4v) is 3.11. The molecule has 4 N–H and O–H groups in total. The Bertz CT molecular complexity index is 438. The molecule has 4 unspecified atom stereocenters. The van der Waals surface area contributed by atoms with Gasteiger partial charge in [-0.15, -0.1) is 0 Å². The van der Waals surface area contributed by atoms with E-state index >= 15 is 0 Å². The second kappa shape index (κ2) is 8.74. The summed E-state index contributed by atoms with van der Waals surface area (Å²) >= 11 is 0. The van der Waals surface area contributed by atoms with Crippen molar-refractivity contribution in [3.63, 3.8) is 0 Å². The minimum atomic E-state index is -1.21. The Hall–Kier alpha value is -1.79. The van der Waals surface area contributed by atoms with Crippen molar-refractivity contribution < 1.29 is 24.2 Å². The number of aliphatic carboxylic acids is 1. The number of carbonyl (C=O) groups excluding carboxylic acids is 2. The molecule has 1 saturated carbocycles. The van der Waals surface area contributed by atoms with Gasteiger partial charge in [-0.2, -0.15) is 0 Å². The van der Waals surface area contributed by atoms with Gasteiger partial charge in [-0.3, -0.25) is 4.79 Å². The first-order chi connectivity index (χ1) is 10.7. The van der Waals surface area contributed by atoms with Crippen LogP contribution in [0, 0.1) is 17.8 Å². The van der Waals surface area contributed by atoms with Gasteiger partial charge in [-0.05, 0) is 37.0 Å². The molecule has 23 heavy (non-hydrogen) atoms. The lowest BCUT2D eigenvalue weighted by molar-refractivity contribution is -0.139. The highest BCUT2D eigenvalue weighted by molar-refractivity contribution is 5.81. The number of carbonyl (C=O) groups is 3. The lowest BCUT2D eigenvalue weighted by Gasteiger charge is -2.36. The van der Waals surface area contributed by atoms with Gasteiger partial charge in [0.2, 0.25) is 5.91 Å². The van der Waals surface area contributed by atoms with Gasteiger partial charge in [0.1, 0.15) is 12.1 Å². The van der Waals surface area contributed by atoms with Crippen molar-refractivity contribution in [3.8, 4) is 0 Å². The smallest absolute Gasteiger partial charge is 0.408 e. The van der Waals surface area contributed by atoms with Crippen molar-refractivity contribution in [1.82, 2.24) is 5.32 Å². The molecule has 2 amide bonds. The molecule has 7 heteroatoms. The van der Waals surface area contributed by atoms with E-state index in [0.717, 1.165) is 19.3 Å². The second-order valence-electron chi connectivity index (χ2n) is 6.81. The fourth-order valence-electron chi connectivity index (χ4n) is 3.11. The first-order valence-corrected chi connectivity index (χ1v) is 8.19. The van der Waals surface area contributed by atoms with Gasteiger partial charge in [0.15, 0.2) is 0 Å². The van der Waals surface area contributed by atoms with Crippen molar-refractivity contribution in [2.75, 3.05) is 0 Å². The molecule has 4 atom stereocenters. The molecule has 7 nitrogen and oxygen atoms in total. The van der Waals surface area contributed by atoms with E-state index in [4.69, 9.17) is 15.6 Å². The summed E-state index contributed by atoms with van der Waals surface area (Å²) in [6, 6.07) is -1.17. The Morgan fingerprint density at radius 2 is 1.96 bits per heavy atom. The third-order valence-corrected chi connectivity index (χ3v) is 4.49. The largest absolute Gasteiger partial charge is 0.480 e. The number of primary amides is 1. The van der Waals surface area contributed by atoms with E-state index in [1.165, 1.54) is 0 Å². The Balaban J connectivity index is 2.60. The van der Waals surface area contributed by atoms with Gasteiger partial charge in [0, 0.05) is 6.42 Å². The van der Waals surface area contributed by atoms with Gasteiger partial charge >= 0.3 is 12.1 Å². The van der Waals surface area contributed by atoms with E-state index in [2.05, 4.69) is 26.1 Å². The molecular formula is C16H28N2O5. The first-order valence-electron chi connectivity index (χ1n) is 8.19. The summed E-state index contributed by atoms with van der Waals surface area (Å²) < 4.78 is 5.49. The lowest BCUT2D eigenvalue weighted by atomic mass is 9.75. The number of ether oxygens (including phenoxy) is 1. The Labute approximate surface area is 136 Å². The van der Waals surface area contributed by atoms with Crippen LogP contribution in [-0.4, -0.2) is 35.2 Å². The molecule has 1 aliphatic rings. The predicted octanol–water partition coefficient (Wildman–Crippen LogP) is 1.89. The third kappa shape index (κ3) is 6.46. The summed E-state index contributed by atoms with van der Waals surface area (Å²) in [5, 5.41) is 11.4. The number of carboxylic acid groups (broad SMARTS) is 1. The van der Waals surface area contributed by atoms with E-state index in [1.54, 1.807) is 0 Å². The summed E-state index contributed by atoms with van der Waals surface area (Å²) in [4.78, 5) is 33.9. The fraction of sp³-hybridized carbons (Fsp3) is 0.812. The minimum Gasteiger partial charge on any atom is -0.480 e. The lowest BCUT2D eigenvalue weighted by Crippen LogP contribution is -2.45. The molecule has 0 aromatic rings. The van der Waals surface area contributed by atoms with Crippen molar-refractivity contribution in [1.29, 1.82) is 0 Å². The van der Waals surface area contributed by atoms with Gasteiger partial charge in [-0.25, -0.2) is 9.59 Å². The zero-order valence-corrected chi connectivity index (χ0v) is 14.1. The molecule has 0 spiro atoms. The van der Waals surface area contributed by atoms with E-state index in [0.29, 0.717) is 11.8 Å². The average Bonchev–Trinajstić information content (AvgIpc) is 2.42. The van der Waals surface area contributed by atoms with E-state index in [-0.39, 0.29) is 24.9 Å². The number of alkyl carbamates (subject to hydrolysis) is 1. The number of hydrogen-bond acceptors (Lipinski definition) is 4. The molecule has 0 heterocycles. The molecule has 0 bridgehead atoms. The Morgan fingerprint density at radius 3 is 2.48 bits per heavy atom. The molecule has 0 aromatic heterocycles. The van der Waals surface area contributed by atoms with Crippen molar-refractivity contribution in [2.24, 2.45) is 23.5 Å². The first kappa shape index (κ1) is 19.3. The number of hydrogen-bond donors (Lipinski definition) is 3. The summed E-state index contributed by atoms with van der Waals surface area (Å²) in [7, 11) is 0. The topological polar surface area (TPSA) is 119 Å². The van der Waals surface area contributed by atoms with Gasteiger partial charge in [0.25, 0.3) is 0 Å². The van der Waals surface area contributed by atoms with Crippen LogP contribution < -0.4 is 11.1 Å². The highest BCUT2D eigenvalue weighted by Gasteiger charge is 2.34. The van der Waals surface area contributed by atoms with Gasteiger partial charge in [-0.1, -0.05) is 27.2 Å². The number of carboxylic acids is 1. The SMILES string of the molecule is CC1CCC(C(C)C)C(OC(=O)NC(CCC(N)=O)C(=O)O)C1. The molecule has 1 fully saturated rings. The normalized spacial score (nSPS) is 25.7. The van der Waals surface area contributed by atoms with Crippen molar-refractivity contribution >= 4 is 18.0 Å². The highest BCUT2D eigenvalue weighted by atomic mass is 16.6. The molecule has 0 aliphatic heterocycles. The number of rotatable bonds is 7. The number of nitrogens with two attached hydrogens (primary N) is 1. The summed E-state index contributed by atoms with van der Waals surface area (Å²) in [6.45, 7) is 6.32. The third-order valence-electron chi connectivity index (χ3n) is 4.49. The van der Waals surface area contributed by atoms with Crippen LogP contribution in [0.15, 0.2) is 0 Å². The van der Waals surface area contributed by atoms with Crippen LogP contribution in [0.4, 0.5) is 4.79 Å². The Kier molecular flexibility index (Phi) is 7.32. The standard InChI is InChI=1S/C16H28N2O5/c1-9(2)11-5-4-10(3)8-13(11)23-16(22)18-12(15(20)21)6-7-14(17)19/h9-13H,4-8H2,1-3H3,(H2,17,19)(H,18,22)(H,20,21). The van der Waals surface area contributed by atoms with Crippen LogP contribution in [-0.2, 0) is 14.3 Å². The predicted molar refractivity (Wildman–Crippen MR) is 84.6 cm³/mol.